The number of anilines is 1. The minimum atomic E-state index is -0.887. The first-order valence-corrected chi connectivity index (χ1v) is 16.1. The van der Waals surface area contributed by atoms with Gasteiger partial charge in [-0.1, -0.05) is 24.3 Å². The van der Waals surface area contributed by atoms with Crippen LogP contribution in [0.25, 0.3) is 32.8 Å². The van der Waals surface area contributed by atoms with Crippen molar-refractivity contribution in [3.8, 4) is 29.0 Å². The maximum atomic E-state index is 17.2. The molecule has 232 valence electrons. The van der Waals surface area contributed by atoms with E-state index < -0.39 is 17.5 Å². The van der Waals surface area contributed by atoms with Crippen LogP contribution in [0.3, 0.4) is 0 Å². The second-order valence-electron chi connectivity index (χ2n) is 13.2. The molecule has 4 aliphatic rings. The summed E-state index contributed by atoms with van der Waals surface area (Å²) in [5.74, 6) is 0.114. The highest BCUT2D eigenvalue weighted by atomic mass is 19.1. The quantitative estimate of drug-likeness (QED) is 0.277. The second kappa shape index (κ2) is 11.1. The summed E-state index contributed by atoms with van der Waals surface area (Å²) < 4.78 is 38.0. The summed E-state index contributed by atoms with van der Waals surface area (Å²) in [6.45, 7) is 2.97. The second-order valence-corrected chi connectivity index (χ2v) is 13.2. The number of aromatic nitrogens is 2. The molecule has 2 unspecified atom stereocenters. The first-order chi connectivity index (χ1) is 21.9. The largest absolute Gasteiger partial charge is 0.508 e. The average Bonchev–Trinajstić information content (AvgIpc) is 3.68. The molecule has 4 saturated heterocycles. The molecule has 0 aliphatic carbocycles. The van der Waals surface area contributed by atoms with Gasteiger partial charge in [0.2, 0.25) is 0 Å². The van der Waals surface area contributed by atoms with Gasteiger partial charge in [0.1, 0.15) is 29.9 Å². The Hall–Kier alpha value is -4.07. The number of ether oxygens (including phenoxy) is 1. The van der Waals surface area contributed by atoms with Crippen LogP contribution in [0.4, 0.5) is 14.6 Å². The summed E-state index contributed by atoms with van der Waals surface area (Å²) in [5.41, 5.74) is 1.27. The summed E-state index contributed by atoms with van der Waals surface area (Å²) in [6, 6.07) is 15.7. The van der Waals surface area contributed by atoms with E-state index in [2.05, 4.69) is 21.2 Å². The van der Waals surface area contributed by atoms with Gasteiger partial charge in [-0.2, -0.15) is 15.2 Å². The number of aromatic hydroxyl groups is 1. The van der Waals surface area contributed by atoms with Gasteiger partial charge in [0.15, 0.2) is 5.82 Å². The number of nitrogens with zero attached hydrogens (tertiary/aromatic N) is 5. The molecule has 0 spiro atoms. The fourth-order valence-corrected chi connectivity index (χ4v) is 8.35. The zero-order valence-corrected chi connectivity index (χ0v) is 25.1. The number of phenolic OH excluding ortho intramolecular Hbond substituents is 1. The van der Waals surface area contributed by atoms with Crippen molar-refractivity contribution in [2.24, 2.45) is 0 Å². The van der Waals surface area contributed by atoms with Gasteiger partial charge in [-0.15, -0.1) is 0 Å². The molecule has 45 heavy (non-hydrogen) atoms. The van der Waals surface area contributed by atoms with Crippen LogP contribution in [0.2, 0.25) is 0 Å². The van der Waals surface area contributed by atoms with Crippen LogP contribution in [0, 0.1) is 17.1 Å². The zero-order chi connectivity index (χ0) is 30.7. The number of halogens is 2. The first-order valence-electron chi connectivity index (χ1n) is 16.1. The van der Waals surface area contributed by atoms with E-state index in [0.717, 1.165) is 56.1 Å². The van der Waals surface area contributed by atoms with E-state index in [0.29, 0.717) is 59.4 Å². The highest BCUT2D eigenvalue weighted by molar-refractivity contribution is 6.02. The predicted molar refractivity (Wildman–Crippen MR) is 169 cm³/mol. The van der Waals surface area contributed by atoms with Gasteiger partial charge in [0, 0.05) is 55.5 Å². The van der Waals surface area contributed by atoms with Crippen molar-refractivity contribution in [1.82, 2.24) is 20.2 Å². The Morgan fingerprint density at radius 3 is 2.73 bits per heavy atom. The lowest BCUT2D eigenvalue weighted by Gasteiger charge is -2.35. The van der Waals surface area contributed by atoms with Gasteiger partial charge in [-0.05, 0) is 78.7 Å². The van der Waals surface area contributed by atoms with Crippen LogP contribution in [0.5, 0.6) is 11.8 Å². The number of hydrogen-bond acceptors (Lipinski definition) is 8. The number of phenols is 1. The Balaban J connectivity index is 1.30. The number of hydrogen-bond donors (Lipinski definition) is 2. The number of alkyl halides is 1. The monoisotopic (exact) mass is 610 g/mol. The predicted octanol–water partition coefficient (Wildman–Crippen LogP) is 5.65. The molecule has 4 fully saturated rings. The van der Waals surface area contributed by atoms with E-state index in [4.69, 9.17) is 14.7 Å². The summed E-state index contributed by atoms with van der Waals surface area (Å²) in [6.07, 6.45) is 4.06. The highest BCUT2D eigenvalue weighted by Gasteiger charge is 2.49. The number of rotatable bonds is 7. The van der Waals surface area contributed by atoms with Gasteiger partial charge >= 0.3 is 6.01 Å². The molecule has 4 atom stereocenters. The fraction of sp³-hybridized carbons (Fsp3) is 0.457. The summed E-state index contributed by atoms with van der Waals surface area (Å²) in [5, 5.41) is 26.0. The van der Waals surface area contributed by atoms with Crippen LogP contribution in [0.15, 0.2) is 42.5 Å². The van der Waals surface area contributed by atoms with E-state index in [1.165, 1.54) is 0 Å². The highest BCUT2D eigenvalue weighted by Crippen LogP contribution is 2.43. The van der Waals surface area contributed by atoms with Crippen LogP contribution < -0.4 is 15.0 Å². The van der Waals surface area contributed by atoms with E-state index in [-0.39, 0.29) is 30.3 Å². The van der Waals surface area contributed by atoms with E-state index in [1.54, 1.807) is 12.1 Å². The maximum Gasteiger partial charge on any atom is 0.319 e. The molecular weight excluding hydrogens is 574 g/mol. The van der Waals surface area contributed by atoms with Crippen molar-refractivity contribution in [3.05, 3.63) is 53.8 Å². The van der Waals surface area contributed by atoms with Crippen molar-refractivity contribution in [1.29, 1.82) is 5.26 Å². The van der Waals surface area contributed by atoms with Gasteiger partial charge < -0.3 is 20.1 Å². The lowest BCUT2D eigenvalue weighted by Crippen LogP contribution is -2.51. The molecule has 3 aromatic carbocycles. The van der Waals surface area contributed by atoms with Gasteiger partial charge in [-0.3, -0.25) is 4.90 Å². The molecule has 5 heterocycles. The standard InChI is InChI=1S/C35H36F2N6O2/c36-23-16-35(10-4-12-43(35)17-23)20-45-34-40-32-29(33(41-34)42-18-24-8-9-25(19-42)39-24)14-22(6-3-11-38)30(31(32)37)28-15-26(44)13-21-5-1-2-7-27(21)28/h1-2,5,7,13-15,23-25,39,44H,3-4,6,8-10,12,16-20H2/t23-,24?,25?,35+/m1/s1. The molecule has 10 heteroatoms. The van der Waals surface area contributed by atoms with Crippen LogP contribution >= 0.6 is 0 Å². The Labute approximate surface area is 260 Å². The van der Waals surface area contributed by atoms with E-state index >= 15 is 4.39 Å². The summed E-state index contributed by atoms with van der Waals surface area (Å²) in [7, 11) is 0. The van der Waals surface area contributed by atoms with Gasteiger partial charge in [-0.25, -0.2) is 8.78 Å². The summed E-state index contributed by atoms with van der Waals surface area (Å²) in [4.78, 5) is 14.0. The topological polar surface area (TPSA) is 97.5 Å². The third-order valence-corrected chi connectivity index (χ3v) is 10.3. The number of benzene rings is 3. The third-order valence-electron chi connectivity index (χ3n) is 10.3. The maximum absolute atomic E-state index is 17.2. The van der Waals surface area contributed by atoms with Crippen LogP contribution in [0.1, 0.15) is 44.1 Å². The van der Waals surface area contributed by atoms with E-state index in [9.17, 15) is 14.8 Å². The Bertz CT molecular complexity index is 1830. The van der Waals surface area contributed by atoms with Crippen molar-refractivity contribution in [2.45, 2.75) is 68.7 Å². The van der Waals surface area contributed by atoms with Crippen molar-refractivity contribution in [3.63, 3.8) is 0 Å². The number of nitrogens with one attached hydrogen (secondary N) is 1. The number of aryl methyl sites for hydroxylation is 1. The molecular formula is C35H36F2N6O2. The Morgan fingerprint density at radius 1 is 1.09 bits per heavy atom. The van der Waals surface area contributed by atoms with E-state index in [1.807, 2.05) is 30.3 Å². The molecule has 2 N–H and O–H groups in total. The molecule has 0 saturated carbocycles. The fourth-order valence-electron chi connectivity index (χ4n) is 8.35. The average molecular weight is 611 g/mol. The van der Waals surface area contributed by atoms with Crippen LogP contribution in [-0.4, -0.2) is 76.6 Å². The third kappa shape index (κ3) is 4.93. The molecule has 8 nitrogen and oxygen atoms in total. The number of nitriles is 1. The van der Waals surface area contributed by atoms with Crippen LogP contribution in [-0.2, 0) is 6.42 Å². The molecule has 0 radical (unpaired) electrons. The van der Waals surface area contributed by atoms with Crippen molar-refractivity contribution in [2.75, 3.05) is 37.7 Å². The van der Waals surface area contributed by atoms with Crippen molar-refractivity contribution >= 4 is 27.5 Å². The molecule has 0 amide bonds. The molecule has 1 aromatic heterocycles. The van der Waals surface area contributed by atoms with Gasteiger partial charge in [0.05, 0.1) is 11.6 Å². The Kier molecular flexibility index (Phi) is 6.99. The lowest BCUT2D eigenvalue weighted by molar-refractivity contribution is 0.107. The normalized spacial score (nSPS) is 26.1. The lowest BCUT2D eigenvalue weighted by atomic mass is 9.90. The van der Waals surface area contributed by atoms with Crippen molar-refractivity contribution < 1.29 is 18.6 Å². The smallest absolute Gasteiger partial charge is 0.319 e. The zero-order valence-electron chi connectivity index (χ0n) is 25.1. The minimum Gasteiger partial charge on any atom is -0.508 e. The Morgan fingerprint density at radius 2 is 1.91 bits per heavy atom. The minimum absolute atomic E-state index is 0.0289. The molecule has 4 aliphatic heterocycles. The first kappa shape index (κ1) is 28.4. The SMILES string of the molecule is N#CCCc1cc2c(N3CC4CCC(C3)N4)nc(OC[C@@]34CCCN3C[C@H](F)C4)nc2c(F)c1-c1cc(O)cc2ccccc12. The molecule has 4 aromatic rings. The molecule has 2 bridgehead atoms. The molecule has 8 rings (SSSR count). The summed E-state index contributed by atoms with van der Waals surface area (Å²) >= 11 is 0. The number of fused-ring (bicyclic) bond motifs is 5. The number of piperazine rings is 1. The van der Waals surface area contributed by atoms with Gasteiger partial charge in [0.25, 0.3) is 0 Å².